The zero-order chi connectivity index (χ0) is 13.4. The molecule has 1 rings (SSSR count). The molecular formula is C13H20N2O3. The van der Waals surface area contributed by atoms with Crippen LogP contribution in [0, 0.1) is 0 Å². The molecule has 0 fully saturated rings. The van der Waals surface area contributed by atoms with Crippen LogP contribution in [0.15, 0.2) is 24.3 Å². The molecule has 0 radical (unpaired) electrons. The van der Waals surface area contributed by atoms with Crippen molar-refractivity contribution >= 4 is 11.6 Å². The summed E-state index contributed by atoms with van der Waals surface area (Å²) >= 11 is 0. The highest BCUT2D eigenvalue weighted by molar-refractivity contribution is 5.80. The molecule has 0 atom stereocenters. The van der Waals surface area contributed by atoms with Crippen LogP contribution in [0.25, 0.3) is 0 Å². The van der Waals surface area contributed by atoms with E-state index in [4.69, 9.17) is 9.47 Å². The number of ether oxygens (including phenoxy) is 2. The molecule has 0 saturated carbocycles. The van der Waals surface area contributed by atoms with E-state index >= 15 is 0 Å². The number of likely N-dealkylation sites (N-methyl/N-ethyl adjacent to an activating group) is 1. The summed E-state index contributed by atoms with van der Waals surface area (Å²) < 4.78 is 10.2. The van der Waals surface area contributed by atoms with Crippen LogP contribution < -0.4 is 10.6 Å². The molecule has 0 saturated heterocycles. The quantitative estimate of drug-likeness (QED) is 0.711. The van der Waals surface area contributed by atoms with Crippen LogP contribution >= 0.6 is 0 Å². The Bertz CT molecular complexity index is 378. The molecule has 5 heteroatoms. The van der Waals surface area contributed by atoms with Crippen LogP contribution in [0.1, 0.15) is 5.56 Å². The Balaban J connectivity index is 2.67. The Morgan fingerprint density at radius 2 is 1.94 bits per heavy atom. The minimum Gasteiger partial charge on any atom is -0.380 e. The number of nitrogens with one attached hydrogen (secondary N) is 2. The van der Waals surface area contributed by atoms with E-state index in [-0.39, 0.29) is 12.2 Å². The van der Waals surface area contributed by atoms with Crippen LogP contribution in [0.5, 0.6) is 0 Å². The predicted octanol–water partition coefficient (Wildman–Crippen LogP) is 1.01. The highest BCUT2D eigenvalue weighted by atomic mass is 16.7. The number of benzene rings is 1. The fourth-order valence-electron chi connectivity index (χ4n) is 1.56. The SMILES string of the molecule is CNC(=O)Cc1ccccc1NCC(OC)OC. The molecule has 0 unspecified atom stereocenters. The molecule has 5 nitrogen and oxygen atoms in total. The van der Waals surface area contributed by atoms with Crippen molar-refractivity contribution in [2.75, 3.05) is 33.1 Å². The Morgan fingerprint density at radius 3 is 2.56 bits per heavy atom. The summed E-state index contributed by atoms with van der Waals surface area (Å²) in [6.45, 7) is 0.526. The van der Waals surface area contributed by atoms with E-state index in [1.807, 2.05) is 24.3 Å². The van der Waals surface area contributed by atoms with Gasteiger partial charge in [0.25, 0.3) is 0 Å². The minimum absolute atomic E-state index is 0.0146. The van der Waals surface area contributed by atoms with Crippen LogP contribution in [0.4, 0.5) is 5.69 Å². The Morgan fingerprint density at radius 1 is 1.28 bits per heavy atom. The number of hydrogen-bond donors (Lipinski definition) is 2. The summed E-state index contributed by atoms with van der Waals surface area (Å²) in [6, 6.07) is 7.69. The van der Waals surface area contributed by atoms with E-state index < -0.39 is 0 Å². The summed E-state index contributed by atoms with van der Waals surface area (Å²) in [5, 5.41) is 5.83. The number of para-hydroxylation sites is 1. The van der Waals surface area contributed by atoms with Crippen LogP contribution in [0.3, 0.4) is 0 Å². The maximum absolute atomic E-state index is 11.4. The lowest BCUT2D eigenvalue weighted by molar-refractivity contribution is -0.119. The lowest BCUT2D eigenvalue weighted by Crippen LogP contribution is -2.25. The van der Waals surface area contributed by atoms with Gasteiger partial charge in [0.15, 0.2) is 6.29 Å². The monoisotopic (exact) mass is 252 g/mol. The molecule has 1 aromatic carbocycles. The van der Waals surface area contributed by atoms with Gasteiger partial charge in [-0.1, -0.05) is 18.2 Å². The maximum atomic E-state index is 11.4. The normalized spacial score (nSPS) is 10.4. The third kappa shape index (κ3) is 4.35. The number of carbonyl (C=O) groups is 1. The molecule has 0 aliphatic rings. The lowest BCUT2D eigenvalue weighted by atomic mass is 10.1. The molecule has 18 heavy (non-hydrogen) atoms. The molecule has 100 valence electrons. The summed E-state index contributed by atoms with van der Waals surface area (Å²) in [4.78, 5) is 11.4. The Kier molecular flexibility index (Phi) is 6.18. The van der Waals surface area contributed by atoms with Gasteiger partial charge in [-0.25, -0.2) is 0 Å². The van der Waals surface area contributed by atoms with Gasteiger partial charge in [-0.05, 0) is 11.6 Å². The van der Waals surface area contributed by atoms with E-state index in [0.717, 1.165) is 11.3 Å². The van der Waals surface area contributed by atoms with E-state index in [1.165, 1.54) is 0 Å². The van der Waals surface area contributed by atoms with Gasteiger partial charge in [-0.2, -0.15) is 0 Å². The summed E-state index contributed by atoms with van der Waals surface area (Å²) in [5.74, 6) is -0.0146. The largest absolute Gasteiger partial charge is 0.380 e. The standard InChI is InChI=1S/C13H20N2O3/c1-14-12(16)8-10-6-4-5-7-11(10)15-9-13(17-2)18-3/h4-7,13,15H,8-9H2,1-3H3,(H,14,16). The van der Waals surface area contributed by atoms with Crippen LogP contribution in [0.2, 0.25) is 0 Å². The first-order chi connectivity index (χ1) is 8.71. The highest BCUT2D eigenvalue weighted by Gasteiger charge is 2.08. The predicted molar refractivity (Wildman–Crippen MR) is 70.5 cm³/mol. The topological polar surface area (TPSA) is 59.6 Å². The van der Waals surface area contributed by atoms with E-state index in [2.05, 4.69) is 10.6 Å². The van der Waals surface area contributed by atoms with Crippen molar-refractivity contribution in [3.05, 3.63) is 29.8 Å². The molecule has 0 aromatic heterocycles. The van der Waals surface area contributed by atoms with Gasteiger partial charge in [-0.3, -0.25) is 4.79 Å². The molecule has 2 N–H and O–H groups in total. The average molecular weight is 252 g/mol. The zero-order valence-corrected chi connectivity index (χ0v) is 11.0. The highest BCUT2D eigenvalue weighted by Crippen LogP contribution is 2.15. The van der Waals surface area contributed by atoms with E-state index in [0.29, 0.717) is 13.0 Å². The van der Waals surface area contributed by atoms with Crippen molar-refractivity contribution < 1.29 is 14.3 Å². The van der Waals surface area contributed by atoms with Gasteiger partial charge < -0.3 is 20.1 Å². The number of anilines is 1. The van der Waals surface area contributed by atoms with Crippen molar-refractivity contribution in [3.63, 3.8) is 0 Å². The molecule has 0 bridgehead atoms. The number of carbonyl (C=O) groups excluding carboxylic acids is 1. The molecule has 0 aliphatic carbocycles. The van der Waals surface area contributed by atoms with Gasteiger partial charge in [0.1, 0.15) is 0 Å². The Labute approximate surface area is 107 Å². The average Bonchev–Trinajstić information content (AvgIpc) is 2.41. The fourth-order valence-corrected chi connectivity index (χ4v) is 1.56. The molecular weight excluding hydrogens is 232 g/mol. The van der Waals surface area contributed by atoms with E-state index in [1.54, 1.807) is 21.3 Å². The van der Waals surface area contributed by atoms with Gasteiger partial charge in [0.05, 0.1) is 13.0 Å². The first-order valence-electron chi connectivity index (χ1n) is 5.79. The molecule has 0 heterocycles. The summed E-state index contributed by atoms with van der Waals surface area (Å²) in [6.07, 6.45) is 0.0441. The second-order valence-electron chi connectivity index (χ2n) is 3.79. The second kappa shape index (κ2) is 7.68. The lowest BCUT2D eigenvalue weighted by Gasteiger charge is -2.16. The maximum Gasteiger partial charge on any atom is 0.224 e. The molecule has 0 aliphatic heterocycles. The van der Waals surface area contributed by atoms with Crippen molar-refractivity contribution in [1.82, 2.24) is 5.32 Å². The second-order valence-corrected chi connectivity index (χ2v) is 3.79. The van der Waals surface area contributed by atoms with Gasteiger partial charge >= 0.3 is 0 Å². The third-order valence-electron chi connectivity index (χ3n) is 2.63. The number of rotatable bonds is 7. The first-order valence-corrected chi connectivity index (χ1v) is 5.79. The fraction of sp³-hybridized carbons (Fsp3) is 0.462. The van der Waals surface area contributed by atoms with Gasteiger partial charge in [0.2, 0.25) is 5.91 Å². The third-order valence-corrected chi connectivity index (χ3v) is 2.63. The molecule has 0 spiro atoms. The van der Waals surface area contributed by atoms with Gasteiger partial charge in [-0.15, -0.1) is 0 Å². The first kappa shape index (κ1) is 14.5. The van der Waals surface area contributed by atoms with Crippen molar-refractivity contribution in [1.29, 1.82) is 0 Å². The summed E-state index contributed by atoms with van der Waals surface area (Å²) in [7, 11) is 4.81. The smallest absolute Gasteiger partial charge is 0.224 e. The minimum atomic E-state index is -0.307. The molecule has 1 aromatic rings. The molecule has 1 amide bonds. The number of methoxy groups -OCH3 is 2. The van der Waals surface area contributed by atoms with Crippen LogP contribution in [-0.4, -0.2) is 40.0 Å². The number of hydrogen-bond acceptors (Lipinski definition) is 4. The van der Waals surface area contributed by atoms with E-state index in [9.17, 15) is 4.79 Å². The Hall–Kier alpha value is -1.59. The van der Waals surface area contributed by atoms with Crippen molar-refractivity contribution in [3.8, 4) is 0 Å². The number of amides is 1. The van der Waals surface area contributed by atoms with Crippen LogP contribution in [-0.2, 0) is 20.7 Å². The van der Waals surface area contributed by atoms with Gasteiger partial charge in [0, 0.05) is 27.0 Å². The van der Waals surface area contributed by atoms with Crippen molar-refractivity contribution in [2.24, 2.45) is 0 Å². The summed E-state index contributed by atoms with van der Waals surface area (Å²) in [5.41, 5.74) is 1.86. The van der Waals surface area contributed by atoms with Crippen molar-refractivity contribution in [2.45, 2.75) is 12.7 Å². The zero-order valence-electron chi connectivity index (χ0n) is 11.0.